The van der Waals surface area contributed by atoms with Crippen molar-refractivity contribution >= 4 is 27.5 Å². The molecule has 19 heavy (non-hydrogen) atoms. The first kappa shape index (κ1) is 13.5. The molecule has 0 bridgehead atoms. The first-order chi connectivity index (χ1) is 9.09. The molecule has 0 unspecified atom stereocenters. The van der Waals surface area contributed by atoms with Crippen LogP contribution >= 0.6 is 15.9 Å². The highest BCUT2D eigenvalue weighted by atomic mass is 79.9. The normalized spacial score (nSPS) is 10.2. The largest absolute Gasteiger partial charge is 0.398 e. The van der Waals surface area contributed by atoms with Crippen LogP contribution in [-0.2, 0) is 6.54 Å². The van der Waals surface area contributed by atoms with Gasteiger partial charge in [0.15, 0.2) is 0 Å². The van der Waals surface area contributed by atoms with E-state index in [1.807, 2.05) is 19.1 Å². The van der Waals surface area contributed by atoms with E-state index in [1.165, 1.54) is 0 Å². The van der Waals surface area contributed by atoms with Crippen LogP contribution in [0.4, 0.5) is 5.69 Å². The van der Waals surface area contributed by atoms with Gasteiger partial charge in [0, 0.05) is 11.9 Å². The monoisotopic (exact) mass is 319 g/mol. The minimum absolute atomic E-state index is 0.177. The number of aromatic nitrogens is 1. The summed E-state index contributed by atoms with van der Waals surface area (Å²) in [4.78, 5) is 16.3. The summed E-state index contributed by atoms with van der Waals surface area (Å²) in [5.41, 5.74) is 8.72. The Labute approximate surface area is 120 Å². The summed E-state index contributed by atoms with van der Waals surface area (Å²) in [6.45, 7) is 2.36. The van der Waals surface area contributed by atoms with Crippen LogP contribution in [-0.4, -0.2) is 10.9 Å². The third-order valence-electron chi connectivity index (χ3n) is 2.81. The van der Waals surface area contributed by atoms with E-state index in [2.05, 4.69) is 26.2 Å². The molecule has 2 aromatic rings. The maximum Gasteiger partial charge on any atom is 0.252 e. The SMILES string of the molecule is Cc1cccnc1CNC(=O)c1cccc(N)c1Br. The molecule has 1 amide bonds. The van der Waals surface area contributed by atoms with Crippen LogP contribution in [0.15, 0.2) is 41.0 Å². The van der Waals surface area contributed by atoms with Crippen LogP contribution in [0.1, 0.15) is 21.6 Å². The van der Waals surface area contributed by atoms with E-state index in [9.17, 15) is 4.79 Å². The fourth-order valence-corrected chi connectivity index (χ4v) is 2.13. The molecular weight excluding hydrogens is 306 g/mol. The summed E-state index contributed by atoms with van der Waals surface area (Å²) in [7, 11) is 0. The molecular formula is C14H14BrN3O. The van der Waals surface area contributed by atoms with Crippen molar-refractivity contribution in [2.75, 3.05) is 5.73 Å². The number of nitrogens with two attached hydrogens (primary N) is 1. The van der Waals surface area contributed by atoms with Crippen molar-refractivity contribution < 1.29 is 4.79 Å². The molecule has 0 saturated carbocycles. The average Bonchev–Trinajstić information content (AvgIpc) is 2.40. The number of hydrogen-bond donors (Lipinski definition) is 2. The van der Waals surface area contributed by atoms with Gasteiger partial charge in [-0.1, -0.05) is 12.1 Å². The molecule has 4 nitrogen and oxygen atoms in total. The smallest absolute Gasteiger partial charge is 0.252 e. The van der Waals surface area contributed by atoms with Crippen molar-refractivity contribution in [1.29, 1.82) is 0 Å². The second kappa shape index (κ2) is 5.84. The van der Waals surface area contributed by atoms with Gasteiger partial charge in [0.25, 0.3) is 5.91 Å². The topological polar surface area (TPSA) is 68.0 Å². The van der Waals surface area contributed by atoms with Gasteiger partial charge in [-0.25, -0.2) is 0 Å². The molecule has 0 saturated heterocycles. The van der Waals surface area contributed by atoms with E-state index in [4.69, 9.17) is 5.73 Å². The highest BCUT2D eigenvalue weighted by Crippen LogP contribution is 2.23. The van der Waals surface area contributed by atoms with Gasteiger partial charge >= 0.3 is 0 Å². The summed E-state index contributed by atoms with van der Waals surface area (Å²) in [6.07, 6.45) is 1.71. The van der Waals surface area contributed by atoms with Crippen LogP contribution in [0.3, 0.4) is 0 Å². The fourth-order valence-electron chi connectivity index (χ4n) is 1.69. The van der Waals surface area contributed by atoms with E-state index < -0.39 is 0 Å². The first-order valence-corrected chi connectivity index (χ1v) is 6.61. The van der Waals surface area contributed by atoms with E-state index in [0.717, 1.165) is 11.3 Å². The summed E-state index contributed by atoms with van der Waals surface area (Å²) in [6, 6.07) is 9.05. The van der Waals surface area contributed by atoms with Gasteiger partial charge in [-0.2, -0.15) is 0 Å². The number of halogens is 1. The van der Waals surface area contributed by atoms with Crippen LogP contribution in [0.2, 0.25) is 0 Å². The molecule has 0 spiro atoms. The molecule has 1 aromatic carbocycles. The number of amides is 1. The van der Waals surface area contributed by atoms with E-state index in [-0.39, 0.29) is 5.91 Å². The Kier molecular flexibility index (Phi) is 4.16. The van der Waals surface area contributed by atoms with Gasteiger partial charge in [0.05, 0.1) is 22.3 Å². The molecule has 0 radical (unpaired) electrons. The number of aryl methyl sites for hydroxylation is 1. The number of carbonyl (C=O) groups is 1. The van der Waals surface area contributed by atoms with Gasteiger partial charge in [0.2, 0.25) is 0 Å². The average molecular weight is 320 g/mol. The van der Waals surface area contributed by atoms with E-state index >= 15 is 0 Å². The Morgan fingerprint density at radius 1 is 1.37 bits per heavy atom. The molecule has 98 valence electrons. The number of carbonyl (C=O) groups excluding carboxylic acids is 1. The minimum atomic E-state index is -0.177. The zero-order valence-electron chi connectivity index (χ0n) is 10.5. The lowest BCUT2D eigenvalue weighted by molar-refractivity contribution is 0.0949. The zero-order chi connectivity index (χ0) is 13.8. The molecule has 0 aliphatic rings. The van der Waals surface area contributed by atoms with Crippen molar-refractivity contribution in [3.05, 3.63) is 57.8 Å². The summed E-state index contributed by atoms with van der Waals surface area (Å²) >= 11 is 3.32. The van der Waals surface area contributed by atoms with Crippen molar-refractivity contribution in [3.63, 3.8) is 0 Å². The van der Waals surface area contributed by atoms with Crippen LogP contribution in [0.25, 0.3) is 0 Å². The van der Waals surface area contributed by atoms with Gasteiger partial charge < -0.3 is 11.1 Å². The Morgan fingerprint density at radius 3 is 2.89 bits per heavy atom. The van der Waals surface area contributed by atoms with Gasteiger partial charge in [-0.15, -0.1) is 0 Å². The standard InChI is InChI=1S/C14H14BrN3O/c1-9-4-3-7-17-12(9)8-18-14(19)10-5-2-6-11(16)13(10)15/h2-7H,8,16H2,1H3,(H,18,19). The Hall–Kier alpha value is -1.88. The van der Waals surface area contributed by atoms with Gasteiger partial charge in [-0.3, -0.25) is 9.78 Å². The summed E-state index contributed by atoms with van der Waals surface area (Å²) in [5, 5.41) is 2.84. The number of nitrogens with zero attached hydrogens (tertiary/aromatic N) is 1. The fraction of sp³-hybridized carbons (Fsp3) is 0.143. The molecule has 0 aliphatic heterocycles. The van der Waals surface area contributed by atoms with E-state index in [0.29, 0.717) is 22.3 Å². The molecule has 0 fully saturated rings. The maximum absolute atomic E-state index is 12.1. The lowest BCUT2D eigenvalue weighted by Gasteiger charge is -2.09. The zero-order valence-corrected chi connectivity index (χ0v) is 12.1. The van der Waals surface area contributed by atoms with Crippen molar-refractivity contribution in [1.82, 2.24) is 10.3 Å². The lowest BCUT2D eigenvalue weighted by Crippen LogP contribution is -2.24. The third-order valence-corrected chi connectivity index (χ3v) is 3.69. The van der Waals surface area contributed by atoms with Crippen molar-refractivity contribution in [2.45, 2.75) is 13.5 Å². The second-order valence-electron chi connectivity index (χ2n) is 4.16. The Bertz CT molecular complexity index is 613. The highest BCUT2D eigenvalue weighted by molar-refractivity contribution is 9.10. The predicted octanol–water partition coefficient (Wildman–Crippen LogP) is 2.66. The van der Waals surface area contributed by atoms with Crippen molar-refractivity contribution in [3.8, 4) is 0 Å². The number of nitrogens with one attached hydrogen (secondary N) is 1. The molecule has 0 atom stereocenters. The van der Waals surface area contributed by atoms with Crippen LogP contribution in [0.5, 0.6) is 0 Å². The number of pyridine rings is 1. The summed E-state index contributed by atoms with van der Waals surface area (Å²) < 4.78 is 0.616. The molecule has 1 aromatic heterocycles. The first-order valence-electron chi connectivity index (χ1n) is 5.82. The Morgan fingerprint density at radius 2 is 2.16 bits per heavy atom. The Balaban J connectivity index is 2.10. The number of rotatable bonds is 3. The predicted molar refractivity (Wildman–Crippen MR) is 78.7 cm³/mol. The molecule has 5 heteroatoms. The van der Waals surface area contributed by atoms with Gasteiger partial charge in [-0.05, 0) is 46.6 Å². The number of anilines is 1. The highest BCUT2D eigenvalue weighted by Gasteiger charge is 2.11. The second-order valence-corrected chi connectivity index (χ2v) is 4.95. The lowest BCUT2D eigenvalue weighted by atomic mass is 10.2. The third kappa shape index (κ3) is 3.12. The number of nitrogen functional groups attached to an aromatic ring is 1. The number of benzene rings is 1. The molecule has 3 N–H and O–H groups in total. The summed E-state index contributed by atoms with van der Waals surface area (Å²) in [5.74, 6) is -0.177. The maximum atomic E-state index is 12.1. The molecule has 2 rings (SSSR count). The van der Waals surface area contributed by atoms with Gasteiger partial charge in [0.1, 0.15) is 0 Å². The molecule has 0 aliphatic carbocycles. The van der Waals surface area contributed by atoms with Crippen molar-refractivity contribution in [2.24, 2.45) is 0 Å². The molecule has 1 heterocycles. The van der Waals surface area contributed by atoms with Crippen LogP contribution in [0, 0.1) is 6.92 Å². The van der Waals surface area contributed by atoms with E-state index in [1.54, 1.807) is 24.4 Å². The quantitative estimate of drug-likeness (QED) is 0.855. The van der Waals surface area contributed by atoms with Crippen LogP contribution < -0.4 is 11.1 Å². The minimum Gasteiger partial charge on any atom is -0.398 e. The number of hydrogen-bond acceptors (Lipinski definition) is 3.